The summed E-state index contributed by atoms with van der Waals surface area (Å²) in [4.78, 5) is 16.4. The van der Waals surface area contributed by atoms with E-state index in [9.17, 15) is 13.2 Å². The van der Waals surface area contributed by atoms with E-state index in [2.05, 4.69) is 34.5 Å². The molecule has 0 saturated carbocycles. The number of thiophene rings is 1. The van der Waals surface area contributed by atoms with Crippen LogP contribution in [0.4, 0.5) is 0 Å². The molecule has 1 aromatic carbocycles. The predicted octanol–water partition coefficient (Wildman–Crippen LogP) is 3.38. The molecule has 168 valence electrons. The van der Waals surface area contributed by atoms with E-state index in [0.29, 0.717) is 30.1 Å². The third-order valence-corrected chi connectivity index (χ3v) is 9.65. The van der Waals surface area contributed by atoms with Gasteiger partial charge in [0.25, 0.3) is 10.0 Å². The van der Waals surface area contributed by atoms with Gasteiger partial charge in [-0.2, -0.15) is 4.31 Å². The Labute approximate surface area is 189 Å². The fraction of sp³-hybridized carbons (Fsp3) is 0.522. The number of nitrogens with zero attached hydrogens (tertiary/aromatic N) is 2. The average molecular weight is 462 g/mol. The summed E-state index contributed by atoms with van der Waals surface area (Å²) in [5, 5.41) is 3.09. The molecule has 3 heterocycles. The molecular formula is C23H31N3O3S2. The largest absolute Gasteiger partial charge is 0.353 e. The minimum atomic E-state index is -3.63. The molecule has 2 fully saturated rings. The maximum atomic E-state index is 13.1. The molecule has 2 aliphatic rings. The van der Waals surface area contributed by atoms with Crippen molar-refractivity contribution in [2.75, 3.05) is 19.6 Å². The van der Waals surface area contributed by atoms with Gasteiger partial charge < -0.3 is 5.32 Å². The Morgan fingerprint density at radius 1 is 1.06 bits per heavy atom. The normalized spacial score (nSPS) is 23.1. The quantitative estimate of drug-likeness (QED) is 0.686. The average Bonchev–Trinajstić information content (AvgIpc) is 3.44. The van der Waals surface area contributed by atoms with Crippen molar-refractivity contribution in [3.63, 3.8) is 0 Å². The highest BCUT2D eigenvalue weighted by atomic mass is 32.2. The Bertz CT molecular complexity index is 991. The van der Waals surface area contributed by atoms with Crippen LogP contribution in [0.5, 0.6) is 0 Å². The number of nitrogens with one attached hydrogen (secondary N) is 1. The number of likely N-dealkylation sites (tertiary alicyclic amines) is 1. The SMILES string of the molecule is Cc1ccc(S(=O)(=O)N2CCCC2C(=O)NCC2CCCCN2Cc2ccccc2)s1. The molecule has 4 rings (SSSR count). The second-order valence-electron chi connectivity index (χ2n) is 8.49. The standard InChI is InChI=1S/C23H31N3O3S2/c1-18-12-13-22(30-18)31(28,29)26-15-7-11-21(26)23(27)24-16-20-10-5-6-14-25(20)17-19-8-3-2-4-9-19/h2-4,8-9,12-13,20-21H,5-7,10-11,14-17H2,1H3,(H,24,27). The first kappa shape index (κ1) is 22.5. The van der Waals surface area contributed by atoms with Crippen molar-refractivity contribution in [1.29, 1.82) is 0 Å². The van der Waals surface area contributed by atoms with Gasteiger partial charge in [0.05, 0.1) is 0 Å². The van der Waals surface area contributed by atoms with Crippen LogP contribution in [0.1, 0.15) is 42.5 Å². The van der Waals surface area contributed by atoms with E-state index >= 15 is 0 Å². The summed E-state index contributed by atoms with van der Waals surface area (Å²) in [6, 6.07) is 13.5. The van der Waals surface area contributed by atoms with Crippen molar-refractivity contribution in [3.05, 3.63) is 52.9 Å². The summed E-state index contributed by atoms with van der Waals surface area (Å²) in [7, 11) is -3.63. The smallest absolute Gasteiger partial charge is 0.253 e. The van der Waals surface area contributed by atoms with Crippen LogP contribution in [0.25, 0.3) is 0 Å². The van der Waals surface area contributed by atoms with Crippen LogP contribution in [0.3, 0.4) is 0 Å². The molecule has 1 amide bonds. The second kappa shape index (κ2) is 9.81. The molecule has 2 saturated heterocycles. The molecule has 1 aromatic heterocycles. The molecule has 0 aliphatic carbocycles. The first-order chi connectivity index (χ1) is 14.9. The fourth-order valence-corrected chi connectivity index (χ4v) is 7.68. The van der Waals surface area contributed by atoms with Gasteiger partial charge in [0.15, 0.2) is 0 Å². The van der Waals surface area contributed by atoms with Crippen molar-refractivity contribution >= 4 is 27.3 Å². The number of sulfonamides is 1. The number of benzene rings is 1. The van der Waals surface area contributed by atoms with Crippen LogP contribution in [-0.2, 0) is 21.4 Å². The van der Waals surface area contributed by atoms with Crippen LogP contribution in [0.15, 0.2) is 46.7 Å². The highest BCUT2D eigenvalue weighted by Gasteiger charge is 2.40. The molecule has 31 heavy (non-hydrogen) atoms. The van der Waals surface area contributed by atoms with E-state index in [0.717, 1.165) is 30.8 Å². The summed E-state index contributed by atoms with van der Waals surface area (Å²) in [5.41, 5.74) is 1.28. The van der Waals surface area contributed by atoms with Gasteiger partial charge in [-0.1, -0.05) is 36.8 Å². The lowest BCUT2D eigenvalue weighted by Crippen LogP contribution is -2.50. The lowest BCUT2D eigenvalue weighted by molar-refractivity contribution is -0.124. The summed E-state index contributed by atoms with van der Waals surface area (Å²) >= 11 is 1.26. The van der Waals surface area contributed by atoms with Crippen LogP contribution in [0, 0.1) is 6.92 Å². The third-order valence-electron chi connectivity index (χ3n) is 6.27. The van der Waals surface area contributed by atoms with Crippen molar-refractivity contribution in [3.8, 4) is 0 Å². The fourth-order valence-electron chi connectivity index (χ4n) is 4.61. The number of amides is 1. The third kappa shape index (κ3) is 5.19. The van der Waals surface area contributed by atoms with E-state index in [4.69, 9.17) is 0 Å². The van der Waals surface area contributed by atoms with Gasteiger partial charge in [0, 0.05) is 30.6 Å². The number of hydrogen-bond donors (Lipinski definition) is 1. The Hall–Kier alpha value is -1.74. The molecule has 2 unspecified atom stereocenters. The van der Waals surface area contributed by atoms with Gasteiger partial charge in [-0.25, -0.2) is 8.42 Å². The van der Waals surface area contributed by atoms with E-state index in [1.807, 2.05) is 19.1 Å². The maximum absolute atomic E-state index is 13.1. The van der Waals surface area contributed by atoms with Gasteiger partial charge in [0.1, 0.15) is 10.3 Å². The van der Waals surface area contributed by atoms with Crippen LogP contribution in [0.2, 0.25) is 0 Å². The van der Waals surface area contributed by atoms with Gasteiger partial charge in [-0.3, -0.25) is 9.69 Å². The predicted molar refractivity (Wildman–Crippen MR) is 123 cm³/mol. The zero-order chi connectivity index (χ0) is 21.8. The first-order valence-electron chi connectivity index (χ1n) is 11.1. The van der Waals surface area contributed by atoms with Crippen LogP contribution >= 0.6 is 11.3 Å². The van der Waals surface area contributed by atoms with E-state index < -0.39 is 16.1 Å². The maximum Gasteiger partial charge on any atom is 0.253 e. The first-order valence-corrected chi connectivity index (χ1v) is 13.3. The number of piperidine rings is 1. The van der Waals surface area contributed by atoms with E-state index in [1.54, 1.807) is 6.07 Å². The second-order valence-corrected chi connectivity index (χ2v) is 11.9. The van der Waals surface area contributed by atoms with Gasteiger partial charge in [-0.15, -0.1) is 11.3 Å². The number of hydrogen-bond acceptors (Lipinski definition) is 5. The zero-order valence-corrected chi connectivity index (χ0v) is 19.6. The molecule has 6 nitrogen and oxygen atoms in total. The van der Waals surface area contributed by atoms with E-state index in [1.165, 1.54) is 27.6 Å². The van der Waals surface area contributed by atoms with Crippen LogP contribution < -0.4 is 5.32 Å². The lowest BCUT2D eigenvalue weighted by Gasteiger charge is -2.36. The van der Waals surface area contributed by atoms with Gasteiger partial charge in [-0.05, 0) is 56.8 Å². The molecular weight excluding hydrogens is 430 g/mol. The minimum Gasteiger partial charge on any atom is -0.353 e. The van der Waals surface area contributed by atoms with Crippen molar-refractivity contribution in [2.24, 2.45) is 0 Å². The zero-order valence-electron chi connectivity index (χ0n) is 18.0. The number of rotatable bonds is 7. The number of carbonyl (C=O) groups excluding carboxylic acids is 1. The van der Waals surface area contributed by atoms with Gasteiger partial charge >= 0.3 is 0 Å². The van der Waals surface area contributed by atoms with Crippen molar-refractivity contribution in [2.45, 2.75) is 61.9 Å². The summed E-state index contributed by atoms with van der Waals surface area (Å²) < 4.78 is 27.9. The molecule has 0 bridgehead atoms. The Morgan fingerprint density at radius 3 is 2.61 bits per heavy atom. The molecule has 2 aliphatic heterocycles. The Balaban J connectivity index is 1.39. The molecule has 0 spiro atoms. The summed E-state index contributed by atoms with van der Waals surface area (Å²) in [6.07, 6.45) is 4.67. The van der Waals surface area contributed by atoms with Crippen molar-refractivity contribution < 1.29 is 13.2 Å². The molecule has 1 N–H and O–H groups in total. The van der Waals surface area contributed by atoms with Crippen LogP contribution in [-0.4, -0.2) is 55.2 Å². The molecule has 2 atom stereocenters. The molecule has 2 aromatic rings. The highest BCUT2D eigenvalue weighted by molar-refractivity contribution is 7.91. The van der Waals surface area contributed by atoms with Gasteiger partial charge in [0.2, 0.25) is 5.91 Å². The topological polar surface area (TPSA) is 69.7 Å². The Morgan fingerprint density at radius 2 is 1.87 bits per heavy atom. The number of aryl methyl sites for hydroxylation is 1. The van der Waals surface area contributed by atoms with Crippen molar-refractivity contribution in [1.82, 2.24) is 14.5 Å². The lowest BCUT2D eigenvalue weighted by atomic mass is 10.0. The monoisotopic (exact) mass is 461 g/mol. The summed E-state index contributed by atoms with van der Waals surface area (Å²) in [6.45, 7) is 4.76. The number of carbonyl (C=O) groups is 1. The molecule has 0 radical (unpaired) electrons. The molecule has 8 heteroatoms. The summed E-state index contributed by atoms with van der Waals surface area (Å²) in [5.74, 6) is -0.167. The minimum absolute atomic E-state index is 0.167. The Kier molecular flexibility index (Phi) is 7.11. The van der Waals surface area contributed by atoms with E-state index in [-0.39, 0.29) is 11.9 Å². The highest BCUT2D eigenvalue weighted by Crippen LogP contribution is 2.30.